The maximum atomic E-state index is 4.97. The molecule has 0 saturated heterocycles. The Hall–Kier alpha value is -1.78. The molecule has 0 unspecified atom stereocenters. The van der Waals surface area contributed by atoms with Crippen molar-refractivity contribution < 1.29 is 4.74 Å². The van der Waals surface area contributed by atoms with Gasteiger partial charge in [0.2, 0.25) is 5.88 Å². The van der Waals surface area contributed by atoms with Crippen LogP contribution in [-0.4, -0.2) is 32.1 Å². The molecule has 5 heteroatoms. The standard InChI is InChI=1S/C10H16N4O/c1-11-10(12-2)14-7-8-4-5-9(15-3)13-6-8/h4-6H,7H2,1-3H3,(H2,11,12,14). The van der Waals surface area contributed by atoms with Crippen LogP contribution in [-0.2, 0) is 6.54 Å². The Balaban J connectivity index is 2.51. The summed E-state index contributed by atoms with van der Waals surface area (Å²) in [4.78, 5) is 8.11. The average molecular weight is 208 g/mol. The van der Waals surface area contributed by atoms with Gasteiger partial charge in [-0.15, -0.1) is 0 Å². The van der Waals surface area contributed by atoms with E-state index in [0.717, 1.165) is 11.5 Å². The van der Waals surface area contributed by atoms with Crippen LogP contribution in [0.25, 0.3) is 0 Å². The van der Waals surface area contributed by atoms with Gasteiger partial charge in [-0.05, 0) is 5.56 Å². The van der Waals surface area contributed by atoms with Crippen LogP contribution < -0.4 is 15.4 Å². The summed E-state index contributed by atoms with van der Waals surface area (Å²) in [5.74, 6) is 1.38. The highest BCUT2D eigenvalue weighted by Gasteiger charge is 1.97. The Kier molecular flexibility index (Phi) is 4.40. The van der Waals surface area contributed by atoms with E-state index in [9.17, 15) is 0 Å². The van der Waals surface area contributed by atoms with Crippen LogP contribution in [0, 0.1) is 0 Å². The molecule has 0 aliphatic rings. The number of aliphatic imine (C=N–C) groups is 1. The summed E-state index contributed by atoms with van der Waals surface area (Å²) in [6, 6.07) is 3.79. The van der Waals surface area contributed by atoms with Crippen molar-refractivity contribution in [1.29, 1.82) is 0 Å². The summed E-state index contributed by atoms with van der Waals surface area (Å²) >= 11 is 0. The van der Waals surface area contributed by atoms with Gasteiger partial charge in [-0.25, -0.2) is 4.98 Å². The quantitative estimate of drug-likeness (QED) is 0.557. The zero-order valence-corrected chi connectivity index (χ0v) is 9.24. The molecular weight excluding hydrogens is 192 g/mol. The molecule has 0 aliphatic heterocycles. The minimum absolute atomic E-state index is 0.622. The van der Waals surface area contributed by atoms with Gasteiger partial charge in [0.15, 0.2) is 5.96 Å². The molecule has 0 amide bonds. The number of pyridine rings is 1. The fourth-order valence-corrected chi connectivity index (χ4v) is 1.10. The Morgan fingerprint density at radius 3 is 2.80 bits per heavy atom. The number of hydrogen-bond acceptors (Lipinski definition) is 3. The molecule has 0 atom stereocenters. The first-order valence-corrected chi connectivity index (χ1v) is 4.67. The van der Waals surface area contributed by atoms with E-state index in [1.54, 1.807) is 20.4 Å². The molecule has 0 radical (unpaired) electrons. The Labute approximate surface area is 89.6 Å². The molecule has 2 N–H and O–H groups in total. The molecule has 82 valence electrons. The molecule has 0 aromatic carbocycles. The van der Waals surface area contributed by atoms with Crippen molar-refractivity contribution in [2.24, 2.45) is 4.99 Å². The molecule has 5 nitrogen and oxygen atoms in total. The minimum Gasteiger partial charge on any atom is -0.481 e. The van der Waals surface area contributed by atoms with Crippen molar-refractivity contribution in [1.82, 2.24) is 15.6 Å². The van der Waals surface area contributed by atoms with E-state index in [2.05, 4.69) is 20.6 Å². The van der Waals surface area contributed by atoms with Crippen molar-refractivity contribution in [2.75, 3.05) is 21.2 Å². The highest BCUT2D eigenvalue weighted by Crippen LogP contribution is 2.05. The number of hydrogen-bond donors (Lipinski definition) is 2. The molecule has 0 fully saturated rings. The zero-order valence-electron chi connectivity index (χ0n) is 9.24. The van der Waals surface area contributed by atoms with Gasteiger partial charge >= 0.3 is 0 Å². The minimum atomic E-state index is 0.622. The fraction of sp³-hybridized carbons (Fsp3) is 0.400. The van der Waals surface area contributed by atoms with Crippen LogP contribution in [0.1, 0.15) is 5.56 Å². The number of nitrogens with zero attached hydrogens (tertiary/aromatic N) is 2. The predicted octanol–water partition coefficient (Wildman–Crippen LogP) is 0.385. The summed E-state index contributed by atoms with van der Waals surface area (Å²) in [7, 11) is 5.15. The van der Waals surface area contributed by atoms with E-state index in [0.29, 0.717) is 12.4 Å². The van der Waals surface area contributed by atoms with Crippen molar-refractivity contribution >= 4 is 5.96 Å². The van der Waals surface area contributed by atoms with Gasteiger partial charge in [-0.1, -0.05) is 6.07 Å². The smallest absolute Gasteiger partial charge is 0.212 e. The first-order chi connectivity index (χ1) is 7.30. The van der Waals surface area contributed by atoms with Crippen LogP contribution in [0.3, 0.4) is 0 Å². The second-order valence-corrected chi connectivity index (χ2v) is 2.88. The lowest BCUT2D eigenvalue weighted by Gasteiger charge is -2.08. The van der Waals surface area contributed by atoms with Gasteiger partial charge in [0, 0.05) is 32.9 Å². The highest BCUT2D eigenvalue weighted by atomic mass is 16.5. The maximum absolute atomic E-state index is 4.97. The van der Waals surface area contributed by atoms with E-state index in [1.165, 1.54) is 0 Å². The molecule has 0 bridgehead atoms. The van der Waals surface area contributed by atoms with Crippen LogP contribution >= 0.6 is 0 Å². The average Bonchev–Trinajstić information content (AvgIpc) is 2.31. The number of guanidine groups is 1. The number of ether oxygens (including phenoxy) is 1. The molecule has 15 heavy (non-hydrogen) atoms. The molecule has 0 saturated carbocycles. The topological polar surface area (TPSA) is 58.5 Å². The van der Waals surface area contributed by atoms with Gasteiger partial charge in [-0.3, -0.25) is 4.99 Å². The van der Waals surface area contributed by atoms with Crippen LogP contribution in [0.15, 0.2) is 23.3 Å². The second kappa shape index (κ2) is 5.85. The van der Waals surface area contributed by atoms with Gasteiger partial charge in [0.05, 0.1) is 7.11 Å². The number of nitrogens with one attached hydrogen (secondary N) is 2. The molecule has 0 aliphatic carbocycles. The van der Waals surface area contributed by atoms with Crippen molar-refractivity contribution in [3.63, 3.8) is 0 Å². The maximum Gasteiger partial charge on any atom is 0.212 e. The molecule has 1 aromatic heterocycles. The second-order valence-electron chi connectivity index (χ2n) is 2.88. The SMILES string of the molecule is CN=C(NC)NCc1ccc(OC)nc1. The number of aromatic nitrogens is 1. The van der Waals surface area contributed by atoms with Gasteiger partial charge in [0.25, 0.3) is 0 Å². The van der Waals surface area contributed by atoms with Crippen LogP contribution in [0.5, 0.6) is 5.88 Å². The Morgan fingerprint density at radius 1 is 1.53 bits per heavy atom. The third-order valence-corrected chi connectivity index (χ3v) is 1.93. The molecule has 1 heterocycles. The van der Waals surface area contributed by atoms with Crippen molar-refractivity contribution in [3.05, 3.63) is 23.9 Å². The van der Waals surface area contributed by atoms with E-state index in [-0.39, 0.29) is 0 Å². The largest absolute Gasteiger partial charge is 0.481 e. The first-order valence-electron chi connectivity index (χ1n) is 4.67. The third kappa shape index (κ3) is 3.46. The molecule has 1 aromatic rings. The van der Waals surface area contributed by atoms with E-state index in [1.807, 2.05) is 19.2 Å². The number of rotatable bonds is 3. The third-order valence-electron chi connectivity index (χ3n) is 1.93. The summed E-state index contributed by atoms with van der Waals surface area (Å²) in [5, 5.41) is 6.07. The van der Waals surface area contributed by atoms with Crippen LogP contribution in [0.4, 0.5) is 0 Å². The van der Waals surface area contributed by atoms with Crippen LogP contribution in [0.2, 0.25) is 0 Å². The normalized spacial score (nSPS) is 11.0. The van der Waals surface area contributed by atoms with Gasteiger partial charge in [0.1, 0.15) is 0 Å². The molecular formula is C10H16N4O. The summed E-state index contributed by atoms with van der Waals surface area (Å²) in [5.41, 5.74) is 1.08. The van der Waals surface area contributed by atoms with Crippen molar-refractivity contribution in [3.8, 4) is 5.88 Å². The van der Waals surface area contributed by atoms with E-state index >= 15 is 0 Å². The van der Waals surface area contributed by atoms with Gasteiger partial charge < -0.3 is 15.4 Å². The molecule has 1 rings (SSSR count). The number of methoxy groups -OCH3 is 1. The Bertz CT molecular complexity index is 321. The summed E-state index contributed by atoms with van der Waals surface area (Å²) < 4.78 is 4.97. The fourth-order valence-electron chi connectivity index (χ4n) is 1.10. The summed E-state index contributed by atoms with van der Waals surface area (Å²) in [6.45, 7) is 0.685. The highest BCUT2D eigenvalue weighted by molar-refractivity contribution is 5.79. The van der Waals surface area contributed by atoms with E-state index < -0.39 is 0 Å². The first kappa shape index (κ1) is 11.3. The lowest BCUT2D eigenvalue weighted by atomic mass is 10.3. The monoisotopic (exact) mass is 208 g/mol. The van der Waals surface area contributed by atoms with Crippen molar-refractivity contribution in [2.45, 2.75) is 6.54 Å². The van der Waals surface area contributed by atoms with E-state index in [4.69, 9.17) is 4.74 Å². The summed E-state index contributed by atoms with van der Waals surface area (Å²) in [6.07, 6.45) is 1.77. The predicted molar refractivity (Wildman–Crippen MR) is 60.0 cm³/mol. The molecule has 0 spiro atoms. The Morgan fingerprint density at radius 2 is 2.33 bits per heavy atom. The lowest BCUT2D eigenvalue weighted by Crippen LogP contribution is -2.34. The lowest BCUT2D eigenvalue weighted by molar-refractivity contribution is 0.397. The zero-order chi connectivity index (χ0) is 11.1. The van der Waals surface area contributed by atoms with Gasteiger partial charge in [-0.2, -0.15) is 0 Å².